The summed E-state index contributed by atoms with van der Waals surface area (Å²) >= 11 is 1.35. The van der Waals surface area contributed by atoms with E-state index < -0.39 is 0 Å². The highest BCUT2D eigenvalue weighted by Gasteiger charge is 2.22. The monoisotopic (exact) mass is 496 g/mol. The molecule has 2 heterocycles. The first-order valence-corrected chi connectivity index (χ1v) is 13.2. The largest absolute Gasteiger partial charge is 0.376 e. The summed E-state index contributed by atoms with van der Waals surface area (Å²) in [4.78, 5) is 12.7. The molecule has 6 nitrogen and oxygen atoms in total. The van der Waals surface area contributed by atoms with Crippen molar-refractivity contribution in [1.82, 2.24) is 20.1 Å². The minimum atomic E-state index is -0.297. The number of aromatic nitrogens is 3. The maximum absolute atomic E-state index is 13.4. The molecule has 1 amide bonds. The van der Waals surface area contributed by atoms with E-state index >= 15 is 0 Å². The van der Waals surface area contributed by atoms with Crippen LogP contribution in [0.2, 0.25) is 0 Å². The van der Waals surface area contributed by atoms with Gasteiger partial charge in [-0.25, -0.2) is 4.39 Å². The molecule has 2 aromatic carbocycles. The Kier molecular flexibility index (Phi) is 8.57. The second kappa shape index (κ2) is 11.8. The molecule has 1 N–H and O–H groups in total. The van der Waals surface area contributed by atoms with E-state index in [1.165, 1.54) is 29.5 Å². The maximum atomic E-state index is 13.4. The van der Waals surface area contributed by atoms with Crippen molar-refractivity contribution in [2.75, 3.05) is 12.4 Å². The second-order valence-corrected chi connectivity index (χ2v) is 10.4. The van der Waals surface area contributed by atoms with Gasteiger partial charge in [-0.05, 0) is 67.5 Å². The van der Waals surface area contributed by atoms with Crippen molar-refractivity contribution in [2.24, 2.45) is 5.92 Å². The molecule has 1 saturated heterocycles. The summed E-state index contributed by atoms with van der Waals surface area (Å²) in [6.45, 7) is 7.76. The quantitative estimate of drug-likeness (QED) is 0.379. The maximum Gasteiger partial charge on any atom is 0.230 e. The topological polar surface area (TPSA) is 69.0 Å². The van der Waals surface area contributed by atoms with Crippen molar-refractivity contribution in [3.8, 4) is 11.4 Å². The molecule has 186 valence electrons. The van der Waals surface area contributed by atoms with E-state index in [4.69, 9.17) is 4.74 Å². The van der Waals surface area contributed by atoms with E-state index in [-0.39, 0.29) is 29.6 Å². The third-order valence-corrected chi connectivity index (χ3v) is 7.03. The van der Waals surface area contributed by atoms with Gasteiger partial charge < -0.3 is 10.1 Å². The number of ether oxygens (including phenoxy) is 1. The molecule has 0 aliphatic carbocycles. The lowest BCUT2D eigenvalue weighted by molar-refractivity contribution is -0.119. The molecule has 0 saturated carbocycles. The van der Waals surface area contributed by atoms with Gasteiger partial charge in [0, 0.05) is 12.2 Å². The van der Waals surface area contributed by atoms with Crippen LogP contribution in [0.25, 0.3) is 11.4 Å². The van der Waals surface area contributed by atoms with Gasteiger partial charge in [-0.1, -0.05) is 49.9 Å². The van der Waals surface area contributed by atoms with Crippen LogP contribution in [-0.4, -0.2) is 39.1 Å². The first kappa shape index (κ1) is 25.4. The van der Waals surface area contributed by atoms with Crippen molar-refractivity contribution in [3.63, 3.8) is 0 Å². The van der Waals surface area contributed by atoms with Crippen molar-refractivity contribution >= 4 is 17.7 Å². The molecule has 8 heteroatoms. The Morgan fingerprint density at radius 2 is 1.89 bits per heavy atom. The van der Waals surface area contributed by atoms with Gasteiger partial charge in [0.1, 0.15) is 5.82 Å². The van der Waals surface area contributed by atoms with Gasteiger partial charge in [0.2, 0.25) is 5.91 Å². The Balaban J connectivity index is 1.40. The lowest BCUT2D eigenvalue weighted by Gasteiger charge is -2.16. The van der Waals surface area contributed by atoms with Gasteiger partial charge >= 0.3 is 0 Å². The van der Waals surface area contributed by atoms with E-state index in [2.05, 4.69) is 53.6 Å². The molecule has 0 bridgehead atoms. The minimum Gasteiger partial charge on any atom is -0.376 e. The summed E-state index contributed by atoms with van der Waals surface area (Å²) in [5, 5.41) is 12.4. The number of benzene rings is 2. The normalized spacial score (nSPS) is 16.5. The zero-order chi connectivity index (χ0) is 24.8. The van der Waals surface area contributed by atoms with Crippen LogP contribution in [-0.2, 0) is 22.5 Å². The molecule has 35 heavy (non-hydrogen) atoms. The minimum absolute atomic E-state index is 0.0660. The molecule has 1 fully saturated rings. The molecule has 0 spiro atoms. The molecule has 4 rings (SSSR count). The first-order valence-electron chi connectivity index (χ1n) is 12.2. The Labute approximate surface area is 210 Å². The highest BCUT2D eigenvalue weighted by atomic mass is 32.2. The van der Waals surface area contributed by atoms with Crippen LogP contribution in [0.15, 0.2) is 53.7 Å². The Bertz CT molecular complexity index is 1110. The molecule has 0 radical (unpaired) electrons. The van der Waals surface area contributed by atoms with Gasteiger partial charge in [0.05, 0.1) is 24.4 Å². The molecule has 1 aliphatic rings. The number of carbonyl (C=O) groups excluding carboxylic acids is 1. The van der Waals surface area contributed by atoms with Gasteiger partial charge in [-0.2, -0.15) is 0 Å². The number of nitrogens with one attached hydrogen (secondary N) is 1. The van der Waals surface area contributed by atoms with Crippen LogP contribution >= 0.6 is 11.8 Å². The molecule has 1 aliphatic heterocycles. The van der Waals surface area contributed by atoms with Crippen LogP contribution in [0.4, 0.5) is 4.39 Å². The van der Waals surface area contributed by atoms with Crippen molar-refractivity contribution < 1.29 is 13.9 Å². The molecular weight excluding hydrogens is 463 g/mol. The van der Waals surface area contributed by atoms with Crippen LogP contribution in [0, 0.1) is 11.7 Å². The van der Waals surface area contributed by atoms with Crippen molar-refractivity contribution in [1.29, 1.82) is 0 Å². The highest BCUT2D eigenvalue weighted by molar-refractivity contribution is 7.99. The standard InChI is InChI=1S/C27H33FN4O2S/c1-18(2)15-20-6-8-21(9-7-20)19(3)29-25(33)17-35-27-31-30-26(22-10-12-23(28)13-11-22)32(27)16-24-5-4-14-34-24/h6-13,18-19,24H,4-5,14-17H2,1-3H3,(H,29,33). The SMILES string of the molecule is CC(C)Cc1ccc(C(C)NC(=O)CSc2nnc(-c3ccc(F)cc3)n2CC2CCCO2)cc1. The molecule has 2 unspecified atom stereocenters. The van der Waals surface area contributed by atoms with Crippen molar-refractivity contribution in [3.05, 3.63) is 65.5 Å². The van der Waals surface area contributed by atoms with E-state index in [1.54, 1.807) is 12.1 Å². The zero-order valence-corrected chi connectivity index (χ0v) is 21.4. The Morgan fingerprint density at radius 1 is 1.14 bits per heavy atom. The average Bonchev–Trinajstić information content (AvgIpc) is 3.49. The van der Waals surface area contributed by atoms with Crippen LogP contribution in [0.1, 0.15) is 50.8 Å². The fraction of sp³-hybridized carbons (Fsp3) is 0.444. The molecule has 1 aromatic heterocycles. The lowest BCUT2D eigenvalue weighted by Crippen LogP contribution is -2.28. The number of rotatable bonds is 10. The number of hydrogen-bond acceptors (Lipinski definition) is 5. The number of hydrogen-bond donors (Lipinski definition) is 1. The average molecular weight is 497 g/mol. The fourth-order valence-corrected chi connectivity index (χ4v) is 5.03. The van der Waals surface area contributed by atoms with Gasteiger partial charge in [-0.15, -0.1) is 10.2 Å². The summed E-state index contributed by atoms with van der Waals surface area (Å²) in [5.74, 6) is 1.12. The lowest BCUT2D eigenvalue weighted by atomic mass is 10.00. The summed E-state index contributed by atoms with van der Waals surface area (Å²) in [6.07, 6.45) is 3.13. The predicted molar refractivity (Wildman–Crippen MR) is 137 cm³/mol. The Hall–Kier alpha value is -2.71. The number of amides is 1. The van der Waals surface area contributed by atoms with Crippen LogP contribution in [0.3, 0.4) is 0 Å². The van der Waals surface area contributed by atoms with E-state index in [0.717, 1.165) is 37.0 Å². The second-order valence-electron chi connectivity index (χ2n) is 9.48. The third kappa shape index (κ3) is 6.92. The Morgan fingerprint density at radius 3 is 2.54 bits per heavy atom. The summed E-state index contributed by atoms with van der Waals surface area (Å²) < 4.78 is 21.2. The number of thioether (sulfide) groups is 1. The van der Waals surface area contributed by atoms with Crippen LogP contribution in [0.5, 0.6) is 0 Å². The summed E-state index contributed by atoms with van der Waals surface area (Å²) in [6, 6.07) is 14.6. The summed E-state index contributed by atoms with van der Waals surface area (Å²) in [7, 11) is 0. The van der Waals surface area contributed by atoms with Gasteiger partial charge in [0.25, 0.3) is 0 Å². The first-order chi connectivity index (χ1) is 16.9. The number of carbonyl (C=O) groups is 1. The van der Waals surface area contributed by atoms with E-state index in [0.29, 0.717) is 23.4 Å². The van der Waals surface area contributed by atoms with E-state index in [1.807, 2.05) is 11.5 Å². The number of nitrogens with zero attached hydrogens (tertiary/aromatic N) is 3. The predicted octanol–water partition coefficient (Wildman–Crippen LogP) is 5.43. The van der Waals surface area contributed by atoms with Crippen molar-refractivity contribution in [2.45, 2.75) is 63.9 Å². The molecular formula is C27H33FN4O2S. The van der Waals surface area contributed by atoms with Gasteiger partial charge in [0.15, 0.2) is 11.0 Å². The number of halogens is 1. The summed E-state index contributed by atoms with van der Waals surface area (Å²) in [5.41, 5.74) is 3.17. The molecule has 3 aromatic rings. The molecule has 2 atom stereocenters. The smallest absolute Gasteiger partial charge is 0.230 e. The highest BCUT2D eigenvalue weighted by Crippen LogP contribution is 2.27. The third-order valence-electron chi connectivity index (χ3n) is 6.06. The fourth-order valence-electron chi connectivity index (χ4n) is 4.27. The zero-order valence-electron chi connectivity index (χ0n) is 20.5. The van der Waals surface area contributed by atoms with Gasteiger partial charge in [-0.3, -0.25) is 9.36 Å². The van der Waals surface area contributed by atoms with Crippen LogP contribution < -0.4 is 5.32 Å². The van der Waals surface area contributed by atoms with E-state index in [9.17, 15) is 9.18 Å².